The molecule has 0 aromatic heterocycles. The number of nitrogens with two attached hydrogens (primary N) is 1. The Labute approximate surface area is 165 Å². The largest absolute Gasteiger partial charge is 0.480 e. The Kier molecular flexibility index (Phi) is 11.5. The van der Waals surface area contributed by atoms with Crippen LogP contribution in [0.5, 0.6) is 0 Å². The van der Waals surface area contributed by atoms with Gasteiger partial charge in [0.25, 0.3) is 0 Å². The summed E-state index contributed by atoms with van der Waals surface area (Å²) in [5.41, 5.74) is 5.26. The number of amides is 5. The molecule has 14 heteroatoms. The number of aliphatic carboxylic acids is 1. The predicted molar refractivity (Wildman–Crippen MR) is 96.9 cm³/mol. The molecule has 0 aliphatic heterocycles. The van der Waals surface area contributed by atoms with Gasteiger partial charge in [-0.15, -0.1) is 0 Å². The Balaban J connectivity index is 4.23. The van der Waals surface area contributed by atoms with Gasteiger partial charge in [0.15, 0.2) is 0 Å². The highest BCUT2D eigenvalue weighted by Crippen LogP contribution is 1.85. The SMILES string of the molecule is C[C@H](NC(=O)CNC(=O)[C@H](C)NC(=O)CNC(=O)[C@@H](N)CO)C(=O)NCC(=O)O. The van der Waals surface area contributed by atoms with Gasteiger partial charge in [-0.2, -0.15) is 0 Å². The van der Waals surface area contributed by atoms with Crippen molar-refractivity contribution in [1.82, 2.24) is 26.6 Å². The van der Waals surface area contributed by atoms with E-state index in [2.05, 4.69) is 26.6 Å². The molecule has 0 rings (SSSR count). The van der Waals surface area contributed by atoms with Crippen LogP contribution in [0.1, 0.15) is 13.8 Å². The first kappa shape index (κ1) is 25.7. The smallest absolute Gasteiger partial charge is 0.322 e. The maximum absolute atomic E-state index is 11.9. The molecular weight excluding hydrogens is 392 g/mol. The zero-order chi connectivity index (χ0) is 22.6. The molecule has 9 N–H and O–H groups in total. The lowest BCUT2D eigenvalue weighted by Gasteiger charge is -2.16. The molecule has 0 saturated carbocycles. The summed E-state index contributed by atoms with van der Waals surface area (Å²) in [6.07, 6.45) is 0. The second kappa shape index (κ2) is 13.0. The normalized spacial score (nSPS) is 13.2. The molecule has 29 heavy (non-hydrogen) atoms. The van der Waals surface area contributed by atoms with Crippen LogP contribution in [0.3, 0.4) is 0 Å². The molecule has 0 aromatic rings. The fraction of sp³-hybridized carbons (Fsp3) is 0.600. The molecule has 0 fully saturated rings. The highest BCUT2D eigenvalue weighted by Gasteiger charge is 2.20. The molecule has 0 aliphatic carbocycles. The van der Waals surface area contributed by atoms with Gasteiger partial charge in [-0.05, 0) is 13.8 Å². The Hall–Kier alpha value is -3.26. The number of carboxylic acid groups (broad SMARTS) is 1. The molecule has 0 radical (unpaired) electrons. The lowest BCUT2D eigenvalue weighted by Crippen LogP contribution is -2.52. The third-order valence-electron chi connectivity index (χ3n) is 3.34. The summed E-state index contributed by atoms with van der Waals surface area (Å²) in [5, 5.41) is 28.2. The second-order valence-electron chi connectivity index (χ2n) is 5.91. The fourth-order valence-corrected chi connectivity index (χ4v) is 1.73. The Morgan fingerprint density at radius 1 is 0.759 bits per heavy atom. The van der Waals surface area contributed by atoms with E-state index in [1.165, 1.54) is 13.8 Å². The minimum atomic E-state index is -1.24. The number of nitrogens with one attached hydrogen (secondary N) is 5. The van der Waals surface area contributed by atoms with Crippen molar-refractivity contribution in [1.29, 1.82) is 0 Å². The van der Waals surface area contributed by atoms with Crippen molar-refractivity contribution in [3.8, 4) is 0 Å². The van der Waals surface area contributed by atoms with Crippen LogP contribution in [0, 0.1) is 0 Å². The fourth-order valence-electron chi connectivity index (χ4n) is 1.73. The lowest BCUT2D eigenvalue weighted by atomic mass is 10.3. The van der Waals surface area contributed by atoms with E-state index in [-0.39, 0.29) is 0 Å². The van der Waals surface area contributed by atoms with Gasteiger partial charge in [0.1, 0.15) is 24.7 Å². The Morgan fingerprint density at radius 2 is 1.14 bits per heavy atom. The highest BCUT2D eigenvalue weighted by molar-refractivity contribution is 5.93. The quantitative estimate of drug-likeness (QED) is 0.151. The summed E-state index contributed by atoms with van der Waals surface area (Å²) in [6.45, 7) is 0.532. The van der Waals surface area contributed by atoms with Crippen LogP contribution in [-0.4, -0.2) is 90.1 Å². The van der Waals surface area contributed by atoms with Gasteiger partial charge in [0.2, 0.25) is 29.5 Å². The van der Waals surface area contributed by atoms with Crippen molar-refractivity contribution < 1.29 is 39.0 Å². The molecule has 0 heterocycles. The molecule has 0 aromatic carbocycles. The third kappa shape index (κ3) is 11.2. The molecular formula is C15H26N6O8. The average Bonchev–Trinajstić information content (AvgIpc) is 2.67. The molecule has 0 bridgehead atoms. The number of aliphatic hydroxyl groups is 1. The van der Waals surface area contributed by atoms with Crippen molar-refractivity contribution in [2.24, 2.45) is 5.73 Å². The number of carbonyl (C=O) groups excluding carboxylic acids is 5. The molecule has 0 saturated heterocycles. The van der Waals surface area contributed by atoms with Crippen molar-refractivity contribution in [2.45, 2.75) is 32.0 Å². The summed E-state index contributed by atoms with van der Waals surface area (Å²) < 4.78 is 0. The van der Waals surface area contributed by atoms with Gasteiger partial charge >= 0.3 is 5.97 Å². The van der Waals surface area contributed by atoms with Crippen LogP contribution in [0.15, 0.2) is 0 Å². The maximum Gasteiger partial charge on any atom is 0.322 e. The minimum absolute atomic E-state index is 0.465. The molecule has 14 nitrogen and oxygen atoms in total. The first-order valence-corrected chi connectivity index (χ1v) is 8.48. The standard InChI is InChI=1S/C15H26N6O8/c1-7(20-11(24)4-18-15(29)9(16)6-22)13(27)17-3-10(23)21-8(2)14(28)19-5-12(25)26/h7-9,22H,3-6,16H2,1-2H3,(H,17,27)(H,18,29)(H,19,28)(H,20,24)(H,21,23)(H,25,26)/t7-,8-,9-/m0/s1. The molecule has 164 valence electrons. The first-order valence-electron chi connectivity index (χ1n) is 8.48. The van der Waals surface area contributed by atoms with Crippen molar-refractivity contribution in [3.63, 3.8) is 0 Å². The molecule has 0 spiro atoms. The predicted octanol–water partition coefficient (Wildman–Crippen LogP) is -5.25. The summed E-state index contributed by atoms with van der Waals surface area (Å²) in [5.74, 6) is -4.79. The summed E-state index contributed by atoms with van der Waals surface area (Å²) >= 11 is 0. The van der Waals surface area contributed by atoms with E-state index in [1.54, 1.807) is 0 Å². The number of hydrogen-bond donors (Lipinski definition) is 8. The van der Waals surface area contributed by atoms with Crippen LogP contribution in [0.4, 0.5) is 0 Å². The van der Waals surface area contributed by atoms with Gasteiger partial charge in [0.05, 0.1) is 19.7 Å². The Bertz CT molecular complexity index is 640. The van der Waals surface area contributed by atoms with Crippen molar-refractivity contribution in [2.75, 3.05) is 26.2 Å². The maximum atomic E-state index is 11.9. The highest BCUT2D eigenvalue weighted by atomic mass is 16.4. The first-order chi connectivity index (χ1) is 13.5. The van der Waals surface area contributed by atoms with Crippen LogP contribution >= 0.6 is 0 Å². The van der Waals surface area contributed by atoms with Gasteiger partial charge < -0.3 is 42.5 Å². The zero-order valence-electron chi connectivity index (χ0n) is 16.0. The minimum Gasteiger partial charge on any atom is -0.480 e. The van der Waals surface area contributed by atoms with E-state index >= 15 is 0 Å². The van der Waals surface area contributed by atoms with Crippen molar-refractivity contribution >= 4 is 35.5 Å². The van der Waals surface area contributed by atoms with Crippen LogP contribution in [-0.2, 0) is 28.8 Å². The topological polar surface area (TPSA) is 229 Å². The lowest BCUT2D eigenvalue weighted by molar-refractivity contribution is -0.138. The number of carboxylic acids is 1. The Morgan fingerprint density at radius 3 is 1.52 bits per heavy atom. The van der Waals surface area contributed by atoms with E-state index < -0.39 is 79.9 Å². The van der Waals surface area contributed by atoms with E-state index in [0.717, 1.165) is 0 Å². The number of carbonyl (C=O) groups is 6. The van der Waals surface area contributed by atoms with Crippen molar-refractivity contribution in [3.05, 3.63) is 0 Å². The van der Waals surface area contributed by atoms with Crippen LogP contribution in [0.2, 0.25) is 0 Å². The monoisotopic (exact) mass is 418 g/mol. The zero-order valence-corrected chi connectivity index (χ0v) is 16.0. The summed E-state index contributed by atoms with van der Waals surface area (Å²) in [7, 11) is 0. The van der Waals surface area contributed by atoms with Gasteiger partial charge in [-0.3, -0.25) is 28.8 Å². The number of hydrogen-bond acceptors (Lipinski definition) is 8. The van der Waals surface area contributed by atoms with E-state index in [1.807, 2.05) is 0 Å². The molecule has 0 unspecified atom stereocenters. The van der Waals surface area contributed by atoms with Gasteiger partial charge in [-0.25, -0.2) is 0 Å². The van der Waals surface area contributed by atoms with Gasteiger partial charge in [0, 0.05) is 0 Å². The third-order valence-corrected chi connectivity index (χ3v) is 3.34. The van der Waals surface area contributed by atoms with Crippen LogP contribution in [0.25, 0.3) is 0 Å². The van der Waals surface area contributed by atoms with E-state index in [9.17, 15) is 28.8 Å². The van der Waals surface area contributed by atoms with Crippen LogP contribution < -0.4 is 32.3 Å². The number of rotatable bonds is 12. The molecule has 3 atom stereocenters. The average molecular weight is 418 g/mol. The molecule has 0 aliphatic rings. The van der Waals surface area contributed by atoms with E-state index in [0.29, 0.717) is 0 Å². The summed E-state index contributed by atoms with van der Waals surface area (Å²) in [4.78, 5) is 68.5. The number of aliphatic hydroxyl groups excluding tert-OH is 1. The second-order valence-corrected chi connectivity index (χ2v) is 5.91. The molecule has 5 amide bonds. The summed E-state index contributed by atoms with van der Waals surface area (Å²) in [6, 6.07) is -3.23. The van der Waals surface area contributed by atoms with E-state index in [4.69, 9.17) is 15.9 Å². The van der Waals surface area contributed by atoms with Gasteiger partial charge in [-0.1, -0.05) is 0 Å².